The number of aliphatic carboxylic acids is 2. The fraction of sp³-hybridized carbons (Fsp3) is 0.429. The van der Waals surface area contributed by atoms with E-state index in [4.69, 9.17) is 16.6 Å². The first-order valence-electron chi connectivity index (χ1n) is 10.4. The lowest BCUT2D eigenvalue weighted by Crippen LogP contribution is -2.60. The van der Waals surface area contributed by atoms with Crippen LogP contribution in [0.25, 0.3) is 0 Å². The third-order valence-electron chi connectivity index (χ3n) is 4.73. The van der Waals surface area contributed by atoms with Gasteiger partial charge in [0.05, 0.1) is 25.0 Å². The molecule has 1 aromatic carbocycles. The number of hydrogen-bond donors (Lipinski definition) is 8. The molecule has 0 aromatic heterocycles. The van der Waals surface area contributed by atoms with Gasteiger partial charge < -0.3 is 42.7 Å². The Kier molecular flexibility index (Phi) is 11.3. The van der Waals surface area contributed by atoms with Crippen LogP contribution in [0.1, 0.15) is 25.3 Å². The highest BCUT2D eigenvalue weighted by Gasteiger charge is 2.33. The van der Waals surface area contributed by atoms with Crippen LogP contribution in [0.2, 0.25) is 0 Å². The molecule has 0 spiro atoms. The second-order valence-corrected chi connectivity index (χ2v) is 7.75. The highest BCUT2D eigenvalue weighted by Crippen LogP contribution is 2.06. The Morgan fingerprint density at radius 3 is 1.91 bits per heavy atom. The lowest BCUT2D eigenvalue weighted by atomic mass is 10.0. The molecule has 0 heterocycles. The number of nitrogens with one attached hydrogen (secondary N) is 3. The Morgan fingerprint density at radius 1 is 0.857 bits per heavy atom. The van der Waals surface area contributed by atoms with Gasteiger partial charge in [-0.25, -0.2) is 4.79 Å². The van der Waals surface area contributed by atoms with E-state index >= 15 is 0 Å². The predicted molar refractivity (Wildman–Crippen MR) is 119 cm³/mol. The normalized spacial score (nSPS) is 14.9. The molecule has 0 aliphatic heterocycles. The molecule has 10 N–H and O–H groups in total. The van der Waals surface area contributed by atoms with E-state index in [9.17, 15) is 39.0 Å². The predicted octanol–water partition coefficient (Wildman–Crippen LogP) is -3.17. The molecule has 0 fully saturated rings. The van der Waals surface area contributed by atoms with Crippen LogP contribution in [0.3, 0.4) is 0 Å². The summed E-state index contributed by atoms with van der Waals surface area (Å²) < 4.78 is 0. The molecule has 0 aliphatic rings. The third kappa shape index (κ3) is 10.2. The third-order valence-corrected chi connectivity index (χ3v) is 4.73. The van der Waals surface area contributed by atoms with Crippen molar-refractivity contribution in [1.29, 1.82) is 0 Å². The van der Waals surface area contributed by atoms with Gasteiger partial charge in [0.2, 0.25) is 23.6 Å². The van der Waals surface area contributed by atoms with E-state index < -0.39 is 78.7 Å². The summed E-state index contributed by atoms with van der Waals surface area (Å²) in [7, 11) is 0. The molecule has 4 amide bonds. The van der Waals surface area contributed by atoms with Gasteiger partial charge in [-0.2, -0.15) is 0 Å². The number of nitrogens with two attached hydrogens (primary N) is 2. The number of carbonyl (C=O) groups is 6. The van der Waals surface area contributed by atoms with Crippen molar-refractivity contribution in [3.63, 3.8) is 0 Å². The van der Waals surface area contributed by atoms with Crippen molar-refractivity contribution < 1.29 is 44.1 Å². The van der Waals surface area contributed by atoms with Crippen LogP contribution >= 0.6 is 0 Å². The molecule has 1 rings (SSSR count). The van der Waals surface area contributed by atoms with Gasteiger partial charge in [-0.3, -0.25) is 24.0 Å². The number of primary amides is 1. The number of rotatable bonds is 14. The molecule has 5 atom stereocenters. The first kappa shape index (κ1) is 29.0. The van der Waals surface area contributed by atoms with Crippen molar-refractivity contribution in [1.82, 2.24) is 16.0 Å². The minimum absolute atomic E-state index is 0.111. The SMILES string of the molecule is CC(O)C(NC(=O)C(N)CC(=O)O)C(=O)NC(Cc1ccccc1)C(=O)NC(CC(N)=O)C(=O)O. The average molecular weight is 495 g/mol. The molecule has 14 heteroatoms. The lowest BCUT2D eigenvalue weighted by molar-refractivity contribution is -0.143. The summed E-state index contributed by atoms with van der Waals surface area (Å²) in [6, 6.07) is 2.17. The molecule has 0 saturated heterocycles. The maximum Gasteiger partial charge on any atom is 0.326 e. The standard InChI is InChI=1S/C21H29N5O9/c1-10(27)17(26-18(31)12(22)8-16(29)30)20(33)24-13(7-11-5-3-2-4-6-11)19(32)25-14(21(34)35)9-15(23)28/h2-6,10,12-14,17,27H,7-9,22H2,1H3,(H2,23,28)(H,24,33)(H,25,32)(H,26,31)(H,29,30)(H,34,35). The quantitative estimate of drug-likeness (QED) is 0.128. The van der Waals surface area contributed by atoms with E-state index in [2.05, 4.69) is 16.0 Å². The number of aliphatic hydroxyl groups is 1. The zero-order chi connectivity index (χ0) is 26.7. The maximum atomic E-state index is 12.9. The first-order chi connectivity index (χ1) is 16.3. The second kappa shape index (κ2) is 13.6. The van der Waals surface area contributed by atoms with E-state index in [1.807, 2.05) is 0 Å². The van der Waals surface area contributed by atoms with Crippen LogP contribution in [-0.2, 0) is 35.2 Å². The van der Waals surface area contributed by atoms with Gasteiger partial charge in [0.1, 0.15) is 18.1 Å². The molecule has 1 aromatic rings. The van der Waals surface area contributed by atoms with Crippen LogP contribution in [0.4, 0.5) is 0 Å². The van der Waals surface area contributed by atoms with Crippen LogP contribution in [0.5, 0.6) is 0 Å². The number of carbonyl (C=O) groups excluding carboxylic acids is 4. The summed E-state index contributed by atoms with van der Waals surface area (Å²) in [6.45, 7) is 1.17. The topological polar surface area (TPSA) is 251 Å². The van der Waals surface area contributed by atoms with Crippen LogP contribution in [-0.4, -0.2) is 81.2 Å². The Labute approximate surface area is 200 Å². The summed E-state index contributed by atoms with van der Waals surface area (Å²) in [5.74, 6) is -6.86. The minimum atomic E-state index is -1.66. The van der Waals surface area contributed by atoms with Gasteiger partial charge in [-0.15, -0.1) is 0 Å². The zero-order valence-corrected chi connectivity index (χ0v) is 18.8. The summed E-state index contributed by atoms with van der Waals surface area (Å²) >= 11 is 0. The molecular weight excluding hydrogens is 466 g/mol. The first-order valence-corrected chi connectivity index (χ1v) is 10.4. The van der Waals surface area contributed by atoms with Crippen LogP contribution < -0.4 is 27.4 Å². The average Bonchev–Trinajstić information content (AvgIpc) is 2.75. The van der Waals surface area contributed by atoms with Crippen molar-refractivity contribution >= 4 is 35.6 Å². The van der Waals surface area contributed by atoms with Crippen molar-refractivity contribution in [2.75, 3.05) is 0 Å². The lowest BCUT2D eigenvalue weighted by Gasteiger charge is -2.26. The number of carboxylic acid groups (broad SMARTS) is 2. The Balaban J connectivity index is 3.10. The van der Waals surface area contributed by atoms with Gasteiger partial charge in [-0.1, -0.05) is 30.3 Å². The van der Waals surface area contributed by atoms with E-state index in [1.54, 1.807) is 30.3 Å². The number of carboxylic acids is 2. The minimum Gasteiger partial charge on any atom is -0.481 e. The monoisotopic (exact) mass is 495 g/mol. The molecule has 0 radical (unpaired) electrons. The Bertz CT molecular complexity index is 938. The van der Waals surface area contributed by atoms with Gasteiger partial charge in [0.15, 0.2) is 0 Å². The van der Waals surface area contributed by atoms with Crippen LogP contribution in [0, 0.1) is 0 Å². The summed E-state index contributed by atoms with van der Waals surface area (Å²) in [6.07, 6.45) is -3.01. The van der Waals surface area contributed by atoms with Gasteiger partial charge in [0, 0.05) is 6.42 Å². The molecular formula is C21H29N5O9. The molecule has 5 unspecified atom stereocenters. The van der Waals surface area contributed by atoms with Crippen molar-refractivity contribution in [2.45, 2.75) is 56.5 Å². The maximum absolute atomic E-state index is 12.9. The highest BCUT2D eigenvalue weighted by molar-refractivity contribution is 5.95. The van der Waals surface area contributed by atoms with Crippen molar-refractivity contribution in [2.24, 2.45) is 11.5 Å². The molecule has 0 bridgehead atoms. The molecule has 0 aliphatic carbocycles. The van der Waals surface area contributed by atoms with E-state index in [0.29, 0.717) is 5.56 Å². The smallest absolute Gasteiger partial charge is 0.326 e. The zero-order valence-electron chi connectivity index (χ0n) is 18.8. The Morgan fingerprint density at radius 2 is 1.43 bits per heavy atom. The highest BCUT2D eigenvalue weighted by atomic mass is 16.4. The Hall–Kier alpha value is -4.04. The number of amides is 4. The largest absolute Gasteiger partial charge is 0.481 e. The second-order valence-electron chi connectivity index (χ2n) is 7.75. The number of hydrogen-bond acceptors (Lipinski definition) is 8. The van der Waals surface area contributed by atoms with Crippen molar-refractivity contribution in [3.8, 4) is 0 Å². The fourth-order valence-corrected chi connectivity index (χ4v) is 2.94. The molecule has 192 valence electrons. The van der Waals surface area contributed by atoms with Gasteiger partial charge >= 0.3 is 11.9 Å². The summed E-state index contributed by atoms with van der Waals surface area (Å²) in [4.78, 5) is 71.1. The number of aliphatic hydroxyl groups excluding tert-OH is 1. The van der Waals surface area contributed by atoms with Gasteiger partial charge in [0.25, 0.3) is 0 Å². The molecule has 14 nitrogen and oxygen atoms in total. The van der Waals surface area contributed by atoms with Crippen molar-refractivity contribution in [3.05, 3.63) is 35.9 Å². The summed E-state index contributed by atoms with van der Waals surface area (Å²) in [5, 5.41) is 34.6. The van der Waals surface area contributed by atoms with E-state index in [1.165, 1.54) is 6.92 Å². The molecule has 0 saturated carbocycles. The van der Waals surface area contributed by atoms with E-state index in [-0.39, 0.29) is 6.42 Å². The number of benzene rings is 1. The van der Waals surface area contributed by atoms with Gasteiger partial charge in [-0.05, 0) is 12.5 Å². The molecule has 35 heavy (non-hydrogen) atoms. The fourth-order valence-electron chi connectivity index (χ4n) is 2.94. The summed E-state index contributed by atoms with van der Waals surface area (Å²) in [5.41, 5.74) is 11.1. The van der Waals surface area contributed by atoms with E-state index in [0.717, 1.165) is 0 Å². The van der Waals surface area contributed by atoms with Crippen LogP contribution in [0.15, 0.2) is 30.3 Å².